The zero-order valence-electron chi connectivity index (χ0n) is 13.4. The monoisotopic (exact) mass is 345 g/mol. The molecule has 0 heterocycles. The number of esters is 1. The van der Waals surface area contributed by atoms with Crippen molar-refractivity contribution in [1.29, 1.82) is 0 Å². The van der Waals surface area contributed by atoms with Crippen molar-refractivity contribution < 1.29 is 28.6 Å². The SMILES string of the molecule is COC(=O)c1cccc(C(=O)N[C@@H](Cc2cccc(F)c2)C(=O)O)c1. The van der Waals surface area contributed by atoms with Crippen molar-refractivity contribution in [3.63, 3.8) is 0 Å². The van der Waals surface area contributed by atoms with Gasteiger partial charge in [0.05, 0.1) is 12.7 Å². The van der Waals surface area contributed by atoms with E-state index in [1.165, 1.54) is 49.6 Å². The maximum absolute atomic E-state index is 13.2. The lowest BCUT2D eigenvalue weighted by molar-refractivity contribution is -0.139. The van der Waals surface area contributed by atoms with Gasteiger partial charge in [0, 0.05) is 12.0 Å². The maximum Gasteiger partial charge on any atom is 0.337 e. The Morgan fingerprint density at radius 3 is 2.44 bits per heavy atom. The van der Waals surface area contributed by atoms with Gasteiger partial charge in [-0.1, -0.05) is 18.2 Å². The standard InChI is InChI=1S/C18H16FNO5/c1-25-18(24)13-6-3-5-12(10-13)16(21)20-15(17(22)23)9-11-4-2-7-14(19)8-11/h2-8,10,15H,9H2,1H3,(H,20,21)(H,22,23)/t15-/m0/s1. The number of amides is 1. The molecule has 0 aliphatic rings. The topological polar surface area (TPSA) is 92.7 Å². The highest BCUT2D eigenvalue weighted by Crippen LogP contribution is 2.10. The molecule has 2 rings (SSSR count). The summed E-state index contributed by atoms with van der Waals surface area (Å²) in [6, 6.07) is 9.97. The van der Waals surface area contributed by atoms with Gasteiger partial charge in [-0.25, -0.2) is 14.0 Å². The quantitative estimate of drug-likeness (QED) is 0.782. The van der Waals surface area contributed by atoms with Gasteiger partial charge in [-0.2, -0.15) is 0 Å². The number of methoxy groups -OCH3 is 1. The van der Waals surface area contributed by atoms with E-state index >= 15 is 0 Å². The highest BCUT2D eigenvalue weighted by atomic mass is 19.1. The zero-order valence-corrected chi connectivity index (χ0v) is 13.4. The third kappa shape index (κ3) is 4.87. The van der Waals surface area contributed by atoms with Gasteiger partial charge in [-0.3, -0.25) is 4.79 Å². The summed E-state index contributed by atoms with van der Waals surface area (Å²) in [6.07, 6.45) is -0.0739. The summed E-state index contributed by atoms with van der Waals surface area (Å²) < 4.78 is 17.8. The van der Waals surface area contributed by atoms with E-state index in [9.17, 15) is 23.9 Å². The van der Waals surface area contributed by atoms with Crippen molar-refractivity contribution in [3.05, 3.63) is 71.0 Å². The molecule has 0 radical (unpaired) electrons. The van der Waals surface area contributed by atoms with E-state index in [1.807, 2.05) is 0 Å². The molecule has 2 N–H and O–H groups in total. The normalized spacial score (nSPS) is 11.4. The van der Waals surface area contributed by atoms with Crippen molar-refractivity contribution in [2.45, 2.75) is 12.5 Å². The van der Waals surface area contributed by atoms with E-state index in [1.54, 1.807) is 6.07 Å². The van der Waals surface area contributed by atoms with Gasteiger partial charge in [-0.15, -0.1) is 0 Å². The molecule has 0 saturated heterocycles. The second kappa shape index (κ2) is 8.05. The molecule has 1 atom stereocenters. The first-order chi connectivity index (χ1) is 11.9. The van der Waals surface area contributed by atoms with Crippen LogP contribution in [-0.4, -0.2) is 36.1 Å². The number of rotatable bonds is 6. The molecule has 0 aliphatic carbocycles. The number of carboxylic acids is 1. The van der Waals surface area contributed by atoms with Crippen LogP contribution in [0.25, 0.3) is 0 Å². The number of carbonyl (C=O) groups is 3. The third-order valence-electron chi connectivity index (χ3n) is 3.48. The molecular weight excluding hydrogens is 329 g/mol. The molecule has 25 heavy (non-hydrogen) atoms. The van der Waals surface area contributed by atoms with Gasteiger partial charge in [0.1, 0.15) is 11.9 Å². The Hall–Kier alpha value is -3.22. The van der Waals surface area contributed by atoms with Gasteiger partial charge in [0.25, 0.3) is 5.91 Å². The highest BCUT2D eigenvalue weighted by Gasteiger charge is 2.22. The van der Waals surface area contributed by atoms with Crippen molar-refractivity contribution in [2.24, 2.45) is 0 Å². The average molecular weight is 345 g/mol. The molecule has 6 nitrogen and oxygen atoms in total. The first kappa shape index (κ1) is 18.1. The highest BCUT2D eigenvalue weighted by molar-refractivity contribution is 5.99. The largest absolute Gasteiger partial charge is 0.480 e. The average Bonchev–Trinajstić information content (AvgIpc) is 2.60. The van der Waals surface area contributed by atoms with Crippen molar-refractivity contribution in [1.82, 2.24) is 5.32 Å². The summed E-state index contributed by atoms with van der Waals surface area (Å²) in [4.78, 5) is 35.2. The molecule has 2 aromatic carbocycles. The molecule has 130 valence electrons. The van der Waals surface area contributed by atoms with E-state index in [2.05, 4.69) is 10.1 Å². The summed E-state index contributed by atoms with van der Waals surface area (Å²) in [5, 5.41) is 11.7. The lowest BCUT2D eigenvalue weighted by atomic mass is 10.0. The molecular formula is C18H16FNO5. The van der Waals surface area contributed by atoms with Crippen LogP contribution in [0.4, 0.5) is 4.39 Å². The number of aliphatic carboxylic acids is 1. The van der Waals surface area contributed by atoms with Gasteiger partial charge < -0.3 is 15.2 Å². The number of carboxylic acid groups (broad SMARTS) is 1. The lowest BCUT2D eigenvalue weighted by Crippen LogP contribution is -2.42. The molecule has 0 saturated carbocycles. The molecule has 2 aromatic rings. The number of hydrogen-bond acceptors (Lipinski definition) is 4. The summed E-state index contributed by atoms with van der Waals surface area (Å²) in [5.74, 6) is -3.00. The fraction of sp³-hybridized carbons (Fsp3) is 0.167. The number of carbonyl (C=O) groups excluding carboxylic acids is 2. The predicted molar refractivity (Wildman–Crippen MR) is 86.8 cm³/mol. The lowest BCUT2D eigenvalue weighted by Gasteiger charge is -2.15. The van der Waals surface area contributed by atoms with Gasteiger partial charge in [-0.05, 0) is 35.9 Å². The van der Waals surface area contributed by atoms with Crippen LogP contribution in [0.2, 0.25) is 0 Å². The summed E-state index contributed by atoms with van der Waals surface area (Å²) >= 11 is 0. The van der Waals surface area contributed by atoms with Crippen LogP contribution in [0.5, 0.6) is 0 Å². The molecule has 0 aromatic heterocycles. The van der Waals surface area contributed by atoms with Gasteiger partial charge in [0.2, 0.25) is 0 Å². The van der Waals surface area contributed by atoms with Crippen LogP contribution in [-0.2, 0) is 16.0 Å². The van der Waals surface area contributed by atoms with E-state index in [4.69, 9.17) is 0 Å². The summed E-state index contributed by atoms with van der Waals surface area (Å²) in [6.45, 7) is 0. The predicted octanol–water partition coefficient (Wildman–Crippen LogP) is 2.04. The minimum Gasteiger partial charge on any atom is -0.480 e. The Labute approximate surface area is 143 Å². The molecule has 7 heteroatoms. The molecule has 0 spiro atoms. The Morgan fingerprint density at radius 2 is 1.80 bits per heavy atom. The first-order valence-electron chi connectivity index (χ1n) is 7.37. The van der Waals surface area contributed by atoms with Crippen LogP contribution in [0.3, 0.4) is 0 Å². The van der Waals surface area contributed by atoms with Crippen LogP contribution < -0.4 is 5.32 Å². The zero-order chi connectivity index (χ0) is 18.4. The van der Waals surface area contributed by atoms with Crippen LogP contribution in [0.1, 0.15) is 26.3 Å². The maximum atomic E-state index is 13.2. The Balaban J connectivity index is 2.15. The summed E-state index contributed by atoms with van der Waals surface area (Å²) in [5.41, 5.74) is 0.733. The molecule has 0 unspecified atom stereocenters. The number of benzene rings is 2. The fourth-order valence-electron chi connectivity index (χ4n) is 2.25. The number of halogens is 1. The second-order valence-corrected chi connectivity index (χ2v) is 5.27. The van der Waals surface area contributed by atoms with Crippen molar-refractivity contribution >= 4 is 17.8 Å². The van der Waals surface area contributed by atoms with Gasteiger partial charge in [0.15, 0.2) is 0 Å². The number of hydrogen-bond donors (Lipinski definition) is 2. The van der Waals surface area contributed by atoms with Crippen LogP contribution in [0.15, 0.2) is 48.5 Å². The minimum absolute atomic E-state index is 0.0739. The summed E-state index contributed by atoms with van der Waals surface area (Å²) in [7, 11) is 1.22. The van der Waals surface area contributed by atoms with E-state index in [-0.39, 0.29) is 17.5 Å². The van der Waals surface area contributed by atoms with Gasteiger partial charge >= 0.3 is 11.9 Å². The molecule has 1 amide bonds. The molecule has 0 bridgehead atoms. The van der Waals surface area contributed by atoms with Crippen molar-refractivity contribution in [3.8, 4) is 0 Å². The van der Waals surface area contributed by atoms with Crippen molar-refractivity contribution in [2.75, 3.05) is 7.11 Å². The number of nitrogens with one attached hydrogen (secondary N) is 1. The Morgan fingerprint density at radius 1 is 1.12 bits per heavy atom. The van der Waals surface area contributed by atoms with Crippen LogP contribution in [0, 0.1) is 5.82 Å². The fourth-order valence-corrected chi connectivity index (χ4v) is 2.25. The second-order valence-electron chi connectivity index (χ2n) is 5.27. The molecule has 0 aliphatic heterocycles. The third-order valence-corrected chi connectivity index (χ3v) is 3.48. The number of ether oxygens (including phenoxy) is 1. The minimum atomic E-state index is -1.25. The smallest absolute Gasteiger partial charge is 0.337 e. The molecule has 0 fully saturated rings. The Bertz CT molecular complexity index is 806. The first-order valence-corrected chi connectivity index (χ1v) is 7.37. The van der Waals surface area contributed by atoms with E-state index in [0.717, 1.165) is 0 Å². The van der Waals surface area contributed by atoms with E-state index in [0.29, 0.717) is 5.56 Å². The Kier molecular flexibility index (Phi) is 5.84. The van der Waals surface area contributed by atoms with E-state index < -0.39 is 29.7 Å². The van der Waals surface area contributed by atoms with Crippen LogP contribution >= 0.6 is 0 Å².